The van der Waals surface area contributed by atoms with Crippen molar-refractivity contribution in [1.29, 1.82) is 0 Å². The first-order valence-corrected chi connectivity index (χ1v) is 11.4. The zero-order valence-corrected chi connectivity index (χ0v) is 20.1. The molecule has 8 heteroatoms. The van der Waals surface area contributed by atoms with Crippen molar-refractivity contribution in [2.75, 3.05) is 18.0 Å². The lowest BCUT2D eigenvalue weighted by Crippen LogP contribution is -2.41. The van der Waals surface area contributed by atoms with Gasteiger partial charge in [-0.25, -0.2) is 9.97 Å². The van der Waals surface area contributed by atoms with Gasteiger partial charge in [0.15, 0.2) is 11.4 Å². The number of hydrogen-bond acceptors (Lipinski definition) is 6. The second-order valence-corrected chi connectivity index (χ2v) is 9.93. The molecule has 0 saturated carbocycles. The van der Waals surface area contributed by atoms with Crippen molar-refractivity contribution in [1.82, 2.24) is 15.3 Å². The van der Waals surface area contributed by atoms with Crippen LogP contribution in [-0.4, -0.2) is 51.2 Å². The maximum absolute atomic E-state index is 12.3. The molecule has 0 spiro atoms. The first kappa shape index (κ1) is 24.5. The van der Waals surface area contributed by atoms with E-state index in [-0.39, 0.29) is 16.9 Å². The normalized spacial score (nSPS) is 18.8. The van der Waals surface area contributed by atoms with Gasteiger partial charge in [-0.15, -0.1) is 0 Å². The fourth-order valence-electron chi connectivity index (χ4n) is 4.36. The van der Waals surface area contributed by atoms with Gasteiger partial charge in [0.2, 0.25) is 0 Å². The topological polar surface area (TPSA) is 116 Å². The van der Waals surface area contributed by atoms with Gasteiger partial charge in [-0.1, -0.05) is 32.9 Å². The highest BCUT2D eigenvalue weighted by atomic mass is 16.4. The molecule has 33 heavy (non-hydrogen) atoms. The highest BCUT2D eigenvalue weighted by Gasteiger charge is 2.28. The Bertz CT molecular complexity index is 1010. The Balaban J connectivity index is 1.67. The van der Waals surface area contributed by atoms with Crippen molar-refractivity contribution in [3.63, 3.8) is 0 Å². The van der Waals surface area contributed by atoms with Crippen LogP contribution < -0.4 is 10.2 Å². The number of aryl methyl sites for hydroxylation is 1. The Morgan fingerprint density at radius 2 is 1.85 bits per heavy atom. The summed E-state index contributed by atoms with van der Waals surface area (Å²) in [5.74, 6) is -1.36. The summed E-state index contributed by atoms with van der Waals surface area (Å²) in [4.78, 5) is 34.1. The Kier molecular flexibility index (Phi) is 7.25. The van der Waals surface area contributed by atoms with Crippen molar-refractivity contribution >= 4 is 17.6 Å². The molecule has 1 aliphatic rings. The van der Waals surface area contributed by atoms with E-state index in [4.69, 9.17) is 5.11 Å². The Morgan fingerprint density at radius 1 is 1.18 bits per heavy atom. The maximum Gasteiger partial charge on any atom is 0.322 e. The van der Waals surface area contributed by atoms with E-state index in [2.05, 4.69) is 72.1 Å². The first-order valence-electron chi connectivity index (χ1n) is 11.4. The molecule has 0 radical (unpaired) electrons. The number of anilines is 1. The summed E-state index contributed by atoms with van der Waals surface area (Å²) < 4.78 is 0. The predicted molar refractivity (Wildman–Crippen MR) is 127 cm³/mol. The molecule has 3 rings (SSSR count). The molecule has 2 heterocycles. The highest BCUT2D eigenvalue weighted by Crippen LogP contribution is 2.32. The third-order valence-electron chi connectivity index (χ3n) is 6.24. The second kappa shape index (κ2) is 9.77. The van der Waals surface area contributed by atoms with Crippen LogP contribution in [0.1, 0.15) is 68.1 Å². The molecule has 8 nitrogen and oxygen atoms in total. The lowest BCUT2D eigenvalue weighted by atomic mass is 9.86. The number of nitrogens with one attached hydrogen (secondary N) is 1. The summed E-state index contributed by atoms with van der Waals surface area (Å²) in [6.07, 6.45) is 2.53. The van der Waals surface area contributed by atoms with Crippen LogP contribution in [0.2, 0.25) is 0 Å². The molecule has 0 bridgehead atoms. The minimum absolute atomic E-state index is 0.128. The van der Waals surface area contributed by atoms with Crippen LogP contribution in [0.3, 0.4) is 0 Å². The van der Waals surface area contributed by atoms with Gasteiger partial charge < -0.3 is 20.4 Å². The number of aromatic hydroxyl groups is 1. The molecule has 1 amide bonds. The molecule has 178 valence electrons. The van der Waals surface area contributed by atoms with E-state index in [1.807, 2.05) is 0 Å². The number of carboxylic acids is 1. The van der Waals surface area contributed by atoms with Crippen LogP contribution in [0.15, 0.2) is 24.3 Å². The molecular weight excluding hydrogens is 420 g/mol. The van der Waals surface area contributed by atoms with Crippen LogP contribution in [0, 0.1) is 12.8 Å². The molecule has 1 aromatic heterocycles. The zero-order valence-electron chi connectivity index (χ0n) is 20.1. The van der Waals surface area contributed by atoms with E-state index in [9.17, 15) is 14.7 Å². The van der Waals surface area contributed by atoms with Crippen molar-refractivity contribution in [2.45, 2.75) is 65.3 Å². The summed E-state index contributed by atoms with van der Waals surface area (Å²) >= 11 is 0. The van der Waals surface area contributed by atoms with E-state index >= 15 is 0 Å². The summed E-state index contributed by atoms with van der Waals surface area (Å²) in [7, 11) is 0. The average Bonchev–Trinajstić information content (AvgIpc) is 2.74. The number of carbonyl (C=O) groups is 2. The minimum Gasteiger partial charge on any atom is -0.504 e. The fourth-order valence-corrected chi connectivity index (χ4v) is 4.36. The Hall–Kier alpha value is -3.16. The lowest BCUT2D eigenvalue weighted by molar-refractivity contribution is -0.135. The summed E-state index contributed by atoms with van der Waals surface area (Å²) in [5, 5.41) is 21.2. The summed E-state index contributed by atoms with van der Waals surface area (Å²) in [6, 6.07) is 9.16. The number of aromatic nitrogens is 2. The number of aliphatic carboxylic acids is 1. The first-order chi connectivity index (χ1) is 15.5. The number of piperidine rings is 1. The molecule has 1 aromatic carbocycles. The molecule has 0 unspecified atom stereocenters. The van der Waals surface area contributed by atoms with Crippen LogP contribution in [0.25, 0.3) is 0 Å². The van der Waals surface area contributed by atoms with Crippen LogP contribution in [0.5, 0.6) is 5.75 Å². The predicted octanol–water partition coefficient (Wildman–Crippen LogP) is 3.45. The smallest absolute Gasteiger partial charge is 0.322 e. The number of hydrogen-bond donors (Lipinski definition) is 3. The third kappa shape index (κ3) is 6.00. The van der Waals surface area contributed by atoms with Gasteiger partial charge in [-0.05, 0) is 55.7 Å². The summed E-state index contributed by atoms with van der Waals surface area (Å²) in [6.45, 7) is 10.9. The quantitative estimate of drug-likeness (QED) is 0.612. The minimum atomic E-state index is -1.16. The number of rotatable bonds is 6. The van der Waals surface area contributed by atoms with E-state index < -0.39 is 18.4 Å². The molecule has 1 fully saturated rings. The number of nitrogens with zero attached hydrogens (tertiary/aromatic N) is 3. The number of amides is 1. The molecule has 1 aliphatic heterocycles. The maximum atomic E-state index is 12.3. The van der Waals surface area contributed by atoms with Crippen LogP contribution in [-0.2, 0) is 16.6 Å². The standard InChI is InChI=1S/C25H34N4O4/c1-15-12-17(10-11-29(15)19-8-6-18(7-9-19)25(3,4)5)13-20-27-16(2)23(32)22(28-20)24(33)26-14-21(30)31/h6-9,15,17,32H,10-14H2,1-5H3,(H,26,33)(H,30,31)/t15-,17+/m1/s1. The molecule has 0 aliphatic carbocycles. The van der Waals surface area contributed by atoms with Gasteiger partial charge >= 0.3 is 5.97 Å². The van der Waals surface area contributed by atoms with Gasteiger partial charge in [0.25, 0.3) is 5.91 Å². The van der Waals surface area contributed by atoms with Gasteiger partial charge in [0, 0.05) is 24.7 Å². The van der Waals surface area contributed by atoms with Gasteiger partial charge in [0.05, 0.1) is 5.69 Å². The van der Waals surface area contributed by atoms with Crippen molar-refractivity contribution in [2.24, 2.45) is 5.92 Å². The molecule has 1 saturated heterocycles. The van der Waals surface area contributed by atoms with Crippen LogP contribution >= 0.6 is 0 Å². The van der Waals surface area contributed by atoms with Crippen molar-refractivity contribution < 1.29 is 19.8 Å². The van der Waals surface area contributed by atoms with Crippen molar-refractivity contribution in [3.8, 4) is 5.75 Å². The monoisotopic (exact) mass is 454 g/mol. The van der Waals surface area contributed by atoms with E-state index in [0.717, 1.165) is 19.4 Å². The van der Waals surface area contributed by atoms with Crippen LogP contribution in [0.4, 0.5) is 5.69 Å². The lowest BCUT2D eigenvalue weighted by Gasteiger charge is -2.39. The average molecular weight is 455 g/mol. The van der Waals surface area contributed by atoms with E-state index in [1.165, 1.54) is 11.3 Å². The zero-order chi connectivity index (χ0) is 24.3. The summed E-state index contributed by atoms with van der Waals surface area (Å²) in [5.41, 5.74) is 2.80. The molecule has 3 N–H and O–H groups in total. The van der Waals surface area contributed by atoms with E-state index in [0.29, 0.717) is 29.9 Å². The van der Waals surface area contributed by atoms with E-state index in [1.54, 1.807) is 6.92 Å². The fraction of sp³-hybridized carbons (Fsp3) is 0.520. The Labute approximate surface area is 195 Å². The molecule has 2 aromatic rings. The number of carbonyl (C=O) groups excluding carboxylic acids is 1. The third-order valence-corrected chi connectivity index (χ3v) is 6.24. The van der Waals surface area contributed by atoms with Gasteiger partial charge in [-0.2, -0.15) is 0 Å². The van der Waals surface area contributed by atoms with Gasteiger partial charge in [0.1, 0.15) is 12.4 Å². The molecule has 2 atom stereocenters. The van der Waals surface area contributed by atoms with Crippen molar-refractivity contribution in [3.05, 3.63) is 47.0 Å². The Morgan fingerprint density at radius 3 is 2.42 bits per heavy atom. The number of benzene rings is 1. The molecular formula is C25H34N4O4. The second-order valence-electron chi connectivity index (χ2n) is 9.93. The highest BCUT2D eigenvalue weighted by molar-refractivity contribution is 5.96. The van der Waals surface area contributed by atoms with Gasteiger partial charge in [-0.3, -0.25) is 9.59 Å². The number of carboxylic acid groups (broad SMARTS) is 1. The SMILES string of the molecule is Cc1nc(C[C@H]2CCN(c3ccc(C(C)(C)C)cc3)[C@H](C)C2)nc(C(=O)NCC(=O)O)c1O. The largest absolute Gasteiger partial charge is 0.504 e.